The van der Waals surface area contributed by atoms with Crippen LogP contribution in [0.4, 0.5) is 0 Å². The van der Waals surface area contributed by atoms with Crippen LogP contribution in [-0.2, 0) is 4.79 Å². The molecule has 1 atom stereocenters. The minimum atomic E-state index is -1.06. The average molecular weight is 242 g/mol. The molecule has 0 radical (unpaired) electrons. The maximum absolute atomic E-state index is 12.3. The number of rotatable bonds is 4. The van der Waals surface area contributed by atoms with Gasteiger partial charge in [0, 0.05) is 5.56 Å². The molecular formula is C15H14O3. The molecule has 0 fully saturated rings. The van der Waals surface area contributed by atoms with Crippen LogP contribution in [0.2, 0.25) is 0 Å². The molecule has 0 aliphatic rings. The number of hydrogen-bond donors (Lipinski definition) is 1. The summed E-state index contributed by atoms with van der Waals surface area (Å²) in [6.07, 6.45) is 0.303. The molecule has 2 aromatic carbocycles. The van der Waals surface area contributed by atoms with Gasteiger partial charge in [-0.2, -0.15) is 0 Å². The monoisotopic (exact) mass is 242 g/mol. The molecule has 1 unspecified atom stereocenters. The number of hydrogen-bond acceptors (Lipinski definition) is 2. The number of fused-ring (bicyclic) bond motifs is 1. The third kappa shape index (κ3) is 2.12. The van der Waals surface area contributed by atoms with Crippen molar-refractivity contribution in [1.82, 2.24) is 0 Å². The van der Waals surface area contributed by atoms with Crippen LogP contribution in [0.1, 0.15) is 23.7 Å². The van der Waals surface area contributed by atoms with Crippen molar-refractivity contribution in [2.75, 3.05) is 0 Å². The van der Waals surface area contributed by atoms with Gasteiger partial charge in [-0.05, 0) is 17.2 Å². The smallest absolute Gasteiger partial charge is 0.314 e. The second-order valence-corrected chi connectivity index (χ2v) is 4.19. The summed E-state index contributed by atoms with van der Waals surface area (Å²) in [5.41, 5.74) is 0.488. The SMILES string of the molecule is CCC(C(=O)O)C(=O)c1cccc2ccccc12. The summed E-state index contributed by atoms with van der Waals surface area (Å²) in [4.78, 5) is 23.3. The Hall–Kier alpha value is -2.16. The fourth-order valence-corrected chi connectivity index (χ4v) is 2.10. The van der Waals surface area contributed by atoms with Crippen molar-refractivity contribution >= 4 is 22.5 Å². The Labute approximate surface area is 105 Å². The lowest BCUT2D eigenvalue weighted by Gasteiger charge is -2.10. The van der Waals surface area contributed by atoms with E-state index in [9.17, 15) is 9.59 Å². The van der Waals surface area contributed by atoms with Gasteiger partial charge in [-0.3, -0.25) is 9.59 Å². The van der Waals surface area contributed by atoms with Gasteiger partial charge >= 0.3 is 5.97 Å². The molecule has 0 saturated carbocycles. The van der Waals surface area contributed by atoms with E-state index in [2.05, 4.69) is 0 Å². The number of carbonyl (C=O) groups excluding carboxylic acids is 1. The molecule has 3 nitrogen and oxygen atoms in total. The number of Topliss-reactive ketones (excluding diaryl/α,β-unsaturated/α-hetero) is 1. The topological polar surface area (TPSA) is 54.4 Å². The molecule has 0 amide bonds. The highest BCUT2D eigenvalue weighted by Crippen LogP contribution is 2.22. The van der Waals surface area contributed by atoms with E-state index < -0.39 is 11.9 Å². The van der Waals surface area contributed by atoms with Gasteiger partial charge in [0.25, 0.3) is 0 Å². The lowest BCUT2D eigenvalue weighted by Crippen LogP contribution is -2.23. The summed E-state index contributed by atoms with van der Waals surface area (Å²) in [5, 5.41) is 10.8. The van der Waals surface area contributed by atoms with Crippen molar-refractivity contribution in [2.45, 2.75) is 13.3 Å². The van der Waals surface area contributed by atoms with Crippen LogP contribution in [0.3, 0.4) is 0 Å². The number of ketones is 1. The molecule has 2 rings (SSSR count). The van der Waals surface area contributed by atoms with E-state index in [1.54, 1.807) is 19.1 Å². The Balaban J connectivity index is 2.54. The van der Waals surface area contributed by atoms with Crippen LogP contribution in [0.5, 0.6) is 0 Å². The molecule has 0 bridgehead atoms. The van der Waals surface area contributed by atoms with Gasteiger partial charge < -0.3 is 5.11 Å². The first-order valence-electron chi connectivity index (χ1n) is 5.90. The first kappa shape index (κ1) is 12.3. The molecule has 1 N–H and O–H groups in total. The third-order valence-electron chi connectivity index (χ3n) is 3.08. The van der Waals surface area contributed by atoms with Crippen molar-refractivity contribution in [2.24, 2.45) is 5.92 Å². The minimum absolute atomic E-state index is 0.303. The molecule has 0 aliphatic carbocycles. The lowest BCUT2D eigenvalue weighted by molar-refractivity contribution is -0.140. The van der Waals surface area contributed by atoms with Crippen molar-refractivity contribution in [3.8, 4) is 0 Å². The van der Waals surface area contributed by atoms with E-state index in [0.29, 0.717) is 12.0 Å². The Kier molecular flexibility index (Phi) is 3.42. The zero-order valence-corrected chi connectivity index (χ0v) is 10.1. The van der Waals surface area contributed by atoms with Crippen molar-refractivity contribution in [3.05, 3.63) is 48.0 Å². The number of aliphatic carboxylic acids is 1. The Morgan fingerprint density at radius 2 is 1.78 bits per heavy atom. The highest BCUT2D eigenvalue weighted by Gasteiger charge is 2.26. The maximum Gasteiger partial charge on any atom is 0.314 e. The maximum atomic E-state index is 12.3. The predicted molar refractivity (Wildman–Crippen MR) is 69.7 cm³/mol. The zero-order valence-electron chi connectivity index (χ0n) is 10.1. The quantitative estimate of drug-likeness (QED) is 0.662. The van der Waals surface area contributed by atoms with Gasteiger partial charge in [-0.1, -0.05) is 49.4 Å². The van der Waals surface area contributed by atoms with E-state index in [1.807, 2.05) is 30.3 Å². The minimum Gasteiger partial charge on any atom is -0.481 e. The summed E-state index contributed by atoms with van der Waals surface area (Å²) in [6.45, 7) is 1.71. The normalized spacial score (nSPS) is 12.3. The fraction of sp³-hybridized carbons (Fsp3) is 0.200. The molecule has 92 valence electrons. The van der Waals surface area contributed by atoms with Crippen LogP contribution in [-0.4, -0.2) is 16.9 Å². The highest BCUT2D eigenvalue weighted by molar-refractivity contribution is 6.14. The highest BCUT2D eigenvalue weighted by atomic mass is 16.4. The Morgan fingerprint density at radius 3 is 2.44 bits per heavy atom. The van der Waals surface area contributed by atoms with E-state index in [0.717, 1.165) is 10.8 Å². The Morgan fingerprint density at radius 1 is 1.11 bits per heavy atom. The van der Waals surface area contributed by atoms with E-state index in [4.69, 9.17) is 5.11 Å². The number of benzene rings is 2. The second-order valence-electron chi connectivity index (χ2n) is 4.19. The molecule has 3 heteroatoms. The first-order valence-corrected chi connectivity index (χ1v) is 5.90. The van der Waals surface area contributed by atoms with Crippen molar-refractivity contribution < 1.29 is 14.7 Å². The molecule has 0 aromatic heterocycles. The summed E-state index contributed by atoms with van der Waals surface area (Å²) < 4.78 is 0. The summed E-state index contributed by atoms with van der Waals surface area (Å²) in [7, 11) is 0. The van der Waals surface area contributed by atoms with E-state index in [-0.39, 0.29) is 5.78 Å². The van der Waals surface area contributed by atoms with Gasteiger partial charge in [0.1, 0.15) is 5.92 Å². The number of carboxylic acid groups (broad SMARTS) is 1. The first-order chi connectivity index (χ1) is 8.65. The fourth-order valence-electron chi connectivity index (χ4n) is 2.10. The summed E-state index contributed by atoms with van der Waals surface area (Å²) >= 11 is 0. The number of carboxylic acids is 1. The second kappa shape index (κ2) is 5.00. The van der Waals surface area contributed by atoms with Crippen LogP contribution >= 0.6 is 0 Å². The third-order valence-corrected chi connectivity index (χ3v) is 3.08. The Bertz CT molecular complexity index is 596. The molecule has 0 spiro atoms. The van der Waals surface area contributed by atoms with Crippen LogP contribution in [0.25, 0.3) is 10.8 Å². The van der Waals surface area contributed by atoms with Gasteiger partial charge in [0.2, 0.25) is 0 Å². The zero-order chi connectivity index (χ0) is 13.1. The summed E-state index contributed by atoms with van der Waals surface area (Å²) in [5.74, 6) is -2.34. The molecule has 0 saturated heterocycles. The molecule has 2 aromatic rings. The summed E-state index contributed by atoms with van der Waals surface area (Å²) in [6, 6.07) is 12.9. The van der Waals surface area contributed by atoms with Crippen molar-refractivity contribution in [1.29, 1.82) is 0 Å². The molecule has 0 heterocycles. The molecule has 18 heavy (non-hydrogen) atoms. The molecule has 0 aliphatic heterocycles. The van der Waals surface area contributed by atoms with Crippen LogP contribution in [0.15, 0.2) is 42.5 Å². The van der Waals surface area contributed by atoms with E-state index in [1.165, 1.54) is 0 Å². The standard InChI is InChI=1S/C15H14O3/c1-2-11(15(17)18)14(16)13-9-5-7-10-6-3-4-8-12(10)13/h3-9,11H,2H2,1H3,(H,17,18). The van der Waals surface area contributed by atoms with Crippen LogP contribution in [0, 0.1) is 5.92 Å². The predicted octanol–water partition coefficient (Wildman–Crippen LogP) is 3.13. The van der Waals surface area contributed by atoms with Gasteiger partial charge in [0.15, 0.2) is 5.78 Å². The van der Waals surface area contributed by atoms with Gasteiger partial charge in [0.05, 0.1) is 0 Å². The van der Waals surface area contributed by atoms with Gasteiger partial charge in [-0.15, -0.1) is 0 Å². The largest absolute Gasteiger partial charge is 0.481 e. The average Bonchev–Trinajstić information content (AvgIpc) is 2.38. The number of carbonyl (C=O) groups is 2. The lowest BCUT2D eigenvalue weighted by atomic mass is 9.92. The van der Waals surface area contributed by atoms with E-state index >= 15 is 0 Å². The van der Waals surface area contributed by atoms with Crippen molar-refractivity contribution in [3.63, 3.8) is 0 Å². The van der Waals surface area contributed by atoms with Crippen LogP contribution < -0.4 is 0 Å². The van der Waals surface area contributed by atoms with Gasteiger partial charge in [-0.25, -0.2) is 0 Å². The molecular weight excluding hydrogens is 228 g/mol.